The fraction of sp³-hybridized carbons (Fsp3) is 0. The van der Waals surface area contributed by atoms with Crippen molar-refractivity contribution < 1.29 is 19.8 Å². The number of rotatable bonds is 4. The molecule has 118 valence electrons. The molecule has 3 rings (SSSR count). The van der Waals surface area contributed by atoms with Crippen molar-refractivity contribution in [3.05, 3.63) is 83.4 Å². The predicted molar refractivity (Wildman–Crippen MR) is 85.1 cm³/mol. The van der Waals surface area contributed by atoms with Crippen LogP contribution in [0.1, 0.15) is 32.1 Å². The molecule has 2 N–H and O–H groups in total. The monoisotopic (exact) mass is 320 g/mol. The second-order valence-corrected chi connectivity index (χ2v) is 5.04. The summed E-state index contributed by atoms with van der Waals surface area (Å²) in [6.45, 7) is 0. The Morgan fingerprint density at radius 2 is 0.958 bits per heavy atom. The number of hydrogen-bond acceptors (Lipinski definition) is 6. The van der Waals surface area contributed by atoms with Crippen molar-refractivity contribution in [3.63, 3.8) is 0 Å². The minimum absolute atomic E-state index is 0.0625. The number of benzene rings is 2. The first-order chi connectivity index (χ1) is 11.5. The molecule has 0 aliphatic rings. The van der Waals surface area contributed by atoms with Crippen LogP contribution in [0, 0.1) is 0 Å². The molecule has 1 aromatic heterocycles. The molecular formula is C18H12N2O4. The van der Waals surface area contributed by atoms with Crippen LogP contribution in [0.2, 0.25) is 0 Å². The van der Waals surface area contributed by atoms with E-state index in [2.05, 4.69) is 9.97 Å². The van der Waals surface area contributed by atoms with Crippen LogP contribution >= 0.6 is 0 Å². The van der Waals surface area contributed by atoms with Crippen LogP contribution in [-0.2, 0) is 0 Å². The molecule has 0 saturated carbocycles. The highest BCUT2D eigenvalue weighted by molar-refractivity contribution is 6.09. The van der Waals surface area contributed by atoms with Crippen molar-refractivity contribution in [1.82, 2.24) is 9.97 Å². The molecule has 0 amide bonds. The van der Waals surface area contributed by atoms with Gasteiger partial charge in [0.15, 0.2) is 0 Å². The van der Waals surface area contributed by atoms with Gasteiger partial charge < -0.3 is 10.2 Å². The van der Waals surface area contributed by atoms with Gasteiger partial charge in [0.05, 0.1) is 12.4 Å². The van der Waals surface area contributed by atoms with E-state index in [-0.39, 0.29) is 34.5 Å². The Hall–Kier alpha value is -3.54. The summed E-state index contributed by atoms with van der Waals surface area (Å²) < 4.78 is 0. The first kappa shape index (κ1) is 15.4. The largest absolute Gasteiger partial charge is 0.508 e. The number of carbonyl (C=O) groups is 2. The Labute approximate surface area is 137 Å². The molecule has 2 aromatic carbocycles. The third-order valence-electron chi connectivity index (χ3n) is 3.38. The number of carbonyl (C=O) groups excluding carboxylic acids is 2. The van der Waals surface area contributed by atoms with Crippen molar-refractivity contribution in [2.45, 2.75) is 0 Å². The highest BCUT2D eigenvalue weighted by Gasteiger charge is 2.15. The van der Waals surface area contributed by atoms with Gasteiger partial charge in [0.1, 0.15) is 22.9 Å². The van der Waals surface area contributed by atoms with Crippen LogP contribution in [-0.4, -0.2) is 31.7 Å². The Bertz CT molecular complexity index is 809. The summed E-state index contributed by atoms with van der Waals surface area (Å²) in [5.41, 5.74) is 0.922. The number of aromatic nitrogens is 2. The molecule has 0 fully saturated rings. The van der Waals surface area contributed by atoms with Gasteiger partial charge in [-0.15, -0.1) is 0 Å². The number of phenols is 2. The lowest BCUT2D eigenvalue weighted by atomic mass is 10.1. The number of hydrogen-bond donors (Lipinski definition) is 2. The standard InChI is InChI=1S/C18H12N2O4/c21-13-5-1-11(2-6-13)17(23)15-9-20-16(10-19-15)18(24)12-3-7-14(22)8-4-12/h1-10,21-22H. The van der Waals surface area contributed by atoms with Gasteiger partial charge in [-0.3, -0.25) is 9.59 Å². The van der Waals surface area contributed by atoms with Gasteiger partial charge in [-0.25, -0.2) is 9.97 Å². The van der Waals surface area contributed by atoms with Gasteiger partial charge in [0.2, 0.25) is 11.6 Å². The van der Waals surface area contributed by atoms with Crippen molar-refractivity contribution in [1.29, 1.82) is 0 Å². The predicted octanol–water partition coefficient (Wildman–Crippen LogP) is 2.35. The van der Waals surface area contributed by atoms with Crippen LogP contribution in [0.4, 0.5) is 0 Å². The maximum Gasteiger partial charge on any atom is 0.212 e. The molecular weight excluding hydrogens is 308 g/mol. The fourth-order valence-corrected chi connectivity index (χ4v) is 2.08. The van der Waals surface area contributed by atoms with Crippen molar-refractivity contribution in [2.75, 3.05) is 0 Å². The van der Waals surface area contributed by atoms with E-state index < -0.39 is 0 Å². The summed E-state index contributed by atoms with van der Waals surface area (Å²) in [5.74, 6) is -0.586. The molecule has 0 spiro atoms. The van der Waals surface area contributed by atoms with E-state index in [1.165, 1.54) is 60.9 Å². The quantitative estimate of drug-likeness (QED) is 0.716. The van der Waals surface area contributed by atoms with Crippen LogP contribution in [0.25, 0.3) is 0 Å². The van der Waals surface area contributed by atoms with E-state index in [0.29, 0.717) is 11.1 Å². The molecule has 0 aliphatic heterocycles. The fourth-order valence-electron chi connectivity index (χ4n) is 2.08. The number of ketones is 2. The zero-order chi connectivity index (χ0) is 17.1. The average Bonchev–Trinajstić information content (AvgIpc) is 2.62. The summed E-state index contributed by atoms with van der Waals surface area (Å²) in [6, 6.07) is 11.5. The second kappa shape index (κ2) is 6.29. The topological polar surface area (TPSA) is 100 Å². The lowest BCUT2D eigenvalue weighted by Gasteiger charge is -2.03. The van der Waals surface area contributed by atoms with Crippen LogP contribution in [0.3, 0.4) is 0 Å². The van der Waals surface area contributed by atoms with E-state index in [9.17, 15) is 19.8 Å². The van der Waals surface area contributed by atoms with E-state index in [4.69, 9.17) is 0 Å². The zero-order valence-electron chi connectivity index (χ0n) is 12.4. The number of nitrogens with zero attached hydrogens (tertiary/aromatic N) is 2. The smallest absolute Gasteiger partial charge is 0.212 e. The van der Waals surface area contributed by atoms with Crippen LogP contribution < -0.4 is 0 Å². The minimum Gasteiger partial charge on any atom is -0.508 e. The molecule has 0 bridgehead atoms. The van der Waals surface area contributed by atoms with Gasteiger partial charge in [-0.05, 0) is 48.5 Å². The molecule has 0 unspecified atom stereocenters. The van der Waals surface area contributed by atoms with Crippen LogP contribution in [0.15, 0.2) is 60.9 Å². The van der Waals surface area contributed by atoms with E-state index >= 15 is 0 Å². The van der Waals surface area contributed by atoms with Crippen molar-refractivity contribution in [3.8, 4) is 11.5 Å². The Morgan fingerprint density at radius 1 is 0.625 bits per heavy atom. The molecule has 0 radical (unpaired) electrons. The Kier molecular flexibility index (Phi) is 4.03. The lowest BCUT2D eigenvalue weighted by molar-refractivity contribution is 0.102. The SMILES string of the molecule is O=C(c1ccc(O)cc1)c1cnc(C(=O)c2ccc(O)cc2)cn1. The second-order valence-electron chi connectivity index (χ2n) is 5.04. The molecule has 1 heterocycles. The summed E-state index contributed by atoms with van der Waals surface area (Å²) in [4.78, 5) is 32.5. The first-order valence-corrected chi connectivity index (χ1v) is 7.04. The van der Waals surface area contributed by atoms with Gasteiger partial charge in [-0.2, -0.15) is 0 Å². The van der Waals surface area contributed by atoms with Crippen molar-refractivity contribution in [2.24, 2.45) is 0 Å². The van der Waals surface area contributed by atoms with E-state index in [0.717, 1.165) is 0 Å². The average molecular weight is 320 g/mol. The highest BCUT2D eigenvalue weighted by atomic mass is 16.3. The van der Waals surface area contributed by atoms with Gasteiger partial charge >= 0.3 is 0 Å². The number of phenolic OH excluding ortho intramolecular Hbond substituents is 2. The molecule has 0 atom stereocenters. The molecule has 0 saturated heterocycles. The van der Waals surface area contributed by atoms with Gasteiger partial charge in [0.25, 0.3) is 0 Å². The minimum atomic E-state index is -0.355. The molecule has 6 nitrogen and oxygen atoms in total. The van der Waals surface area contributed by atoms with E-state index in [1.807, 2.05) is 0 Å². The van der Waals surface area contributed by atoms with Crippen LogP contribution in [0.5, 0.6) is 11.5 Å². The summed E-state index contributed by atoms with van der Waals surface area (Å²) in [6.07, 6.45) is 2.48. The maximum atomic E-state index is 12.2. The normalized spacial score (nSPS) is 10.3. The summed E-state index contributed by atoms with van der Waals surface area (Å²) >= 11 is 0. The van der Waals surface area contributed by atoms with Gasteiger partial charge in [-0.1, -0.05) is 0 Å². The molecule has 0 aliphatic carbocycles. The lowest BCUT2D eigenvalue weighted by Crippen LogP contribution is -2.09. The number of aromatic hydroxyl groups is 2. The third kappa shape index (κ3) is 3.12. The third-order valence-corrected chi connectivity index (χ3v) is 3.38. The van der Waals surface area contributed by atoms with Crippen molar-refractivity contribution >= 4 is 11.6 Å². The summed E-state index contributed by atoms with van der Waals surface area (Å²) in [5, 5.41) is 18.5. The van der Waals surface area contributed by atoms with E-state index in [1.54, 1.807) is 0 Å². The molecule has 24 heavy (non-hydrogen) atoms. The molecule has 6 heteroatoms. The Morgan fingerprint density at radius 3 is 1.25 bits per heavy atom. The summed E-state index contributed by atoms with van der Waals surface area (Å²) in [7, 11) is 0. The first-order valence-electron chi connectivity index (χ1n) is 7.04. The Balaban J connectivity index is 1.82. The zero-order valence-corrected chi connectivity index (χ0v) is 12.4. The maximum absolute atomic E-state index is 12.2. The molecule has 3 aromatic rings. The van der Waals surface area contributed by atoms with Gasteiger partial charge in [0, 0.05) is 11.1 Å². The highest BCUT2D eigenvalue weighted by Crippen LogP contribution is 2.15.